The molecule has 1 atom stereocenters. The fourth-order valence-corrected chi connectivity index (χ4v) is 2.87. The van der Waals surface area contributed by atoms with Crippen molar-refractivity contribution in [3.63, 3.8) is 0 Å². The van der Waals surface area contributed by atoms with Gasteiger partial charge in [0.1, 0.15) is 6.61 Å². The van der Waals surface area contributed by atoms with Crippen LogP contribution in [0.1, 0.15) is 31.7 Å². The molecule has 0 spiro atoms. The average molecular weight is 330 g/mol. The highest BCUT2D eigenvalue weighted by Gasteiger charge is 2.24. The zero-order valence-electron chi connectivity index (χ0n) is 14.2. The summed E-state index contributed by atoms with van der Waals surface area (Å²) < 4.78 is 0. The van der Waals surface area contributed by atoms with Crippen molar-refractivity contribution in [3.8, 4) is 0 Å². The van der Waals surface area contributed by atoms with Crippen LogP contribution in [-0.2, 0) is 9.63 Å². The lowest BCUT2D eigenvalue weighted by Crippen LogP contribution is -2.40. The highest BCUT2D eigenvalue weighted by atomic mass is 16.6. The quantitative estimate of drug-likeness (QED) is 0.451. The minimum Gasteiger partial charge on any atom is -0.481 e. The number of rotatable bonds is 8. The minimum absolute atomic E-state index is 0.251. The van der Waals surface area contributed by atoms with Gasteiger partial charge in [0.15, 0.2) is 0 Å². The highest BCUT2D eigenvalue weighted by Crippen LogP contribution is 2.16. The number of carboxylic acids is 1. The molecule has 24 heavy (non-hydrogen) atoms. The summed E-state index contributed by atoms with van der Waals surface area (Å²) in [6.07, 6.45) is 6.49. The number of nitrogens with zero attached hydrogens (tertiary/aromatic N) is 2. The fourth-order valence-electron chi connectivity index (χ4n) is 2.87. The number of hydrogen-bond acceptors (Lipinski definition) is 4. The molecule has 130 valence electrons. The Morgan fingerprint density at radius 1 is 1.42 bits per heavy atom. The van der Waals surface area contributed by atoms with Gasteiger partial charge in [0.2, 0.25) is 0 Å². The van der Waals surface area contributed by atoms with E-state index in [2.05, 4.69) is 23.1 Å². The Labute approximate surface area is 143 Å². The zero-order valence-corrected chi connectivity index (χ0v) is 14.2. The third kappa shape index (κ3) is 5.81. The Morgan fingerprint density at radius 3 is 2.92 bits per heavy atom. The normalized spacial score (nSPS) is 19.5. The van der Waals surface area contributed by atoms with E-state index in [9.17, 15) is 4.79 Å². The number of likely N-dealkylation sites (tertiary alicyclic amines) is 1. The second-order valence-electron chi connectivity index (χ2n) is 5.98. The van der Waals surface area contributed by atoms with Crippen molar-refractivity contribution >= 4 is 17.8 Å². The first-order valence-corrected chi connectivity index (χ1v) is 8.56. The van der Waals surface area contributed by atoms with E-state index in [1.54, 1.807) is 6.21 Å². The van der Waals surface area contributed by atoms with Crippen molar-refractivity contribution in [1.29, 1.82) is 0 Å². The van der Waals surface area contributed by atoms with E-state index in [4.69, 9.17) is 9.94 Å². The molecule has 1 N–H and O–H groups in total. The van der Waals surface area contributed by atoms with Crippen LogP contribution >= 0.6 is 0 Å². The average Bonchev–Trinajstić information content (AvgIpc) is 2.61. The number of carbonyl (C=O) groups is 1. The van der Waals surface area contributed by atoms with Crippen molar-refractivity contribution in [1.82, 2.24) is 4.90 Å². The van der Waals surface area contributed by atoms with Gasteiger partial charge in [-0.25, -0.2) is 0 Å². The van der Waals surface area contributed by atoms with Crippen LogP contribution in [0.15, 0.2) is 41.6 Å². The van der Waals surface area contributed by atoms with Gasteiger partial charge in [0, 0.05) is 13.1 Å². The molecule has 0 unspecified atom stereocenters. The number of allylic oxidation sites excluding steroid dienone is 2. The van der Waals surface area contributed by atoms with Gasteiger partial charge in [0.05, 0.1) is 12.1 Å². The molecule has 1 fully saturated rings. The predicted molar refractivity (Wildman–Crippen MR) is 96.0 cm³/mol. The summed E-state index contributed by atoms with van der Waals surface area (Å²) in [5, 5.41) is 13.2. The van der Waals surface area contributed by atoms with Gasteiger partial charge in [-0.1, -0.05) is 48.5 Å². The number of oxime groups is 1. The molecule has 1 aliphatic heterocycles. The molecular weight excluding hydrogens is 304 g/mol. The first kappa shape index (κ1) is 18.2. The maximum Gasteiger partial charge on any atom is 0.307 e. The summed E-state index contributed by atoms with van der Waals surface area (Å²) in [5.74, 6) is -0.949. The Hall–Kier alpha value is -2.14. The van der Waals surface area contributed by atoms with Crippen LogP contribution < -0.4 is 0 Å². The van der Waals surface area contributed by atoms with Gasteiger partial charge in [-0.3, -0.25) is 9.69 Å². The van der Waals surface area contributed by atoms with Crippen molar-refractivity contribution in [3.05, 3.63) is 42.0 Å². The Bertz CT molecular complexity index is 569. The van der Waals surface area contributed by atoms with Gasteiger partial charge in [-0.2, -0.15) is 0 Å². The summed E-state index contributed by atoms with van der Waals surface area (Å²) in [7, 11) is 0. The Kier molecular flexibility index (Phi) is 7.49. The predicted octanol–water partition coefficient (Wildman–Crippen LogP) is 3.28. The van der Waals surface area contributed by atoms with Crippen LogP contribution in [-0.4, -0.2) is 48.4 Å². The van der Waals surface area contributed by atoms with Crippen LogP contribution in [0.2, 0.25) is 0 Å². The maximum absolute atomic E-state index is 11.1. The third-order valence-corrected chi connectivity index (χ3v) is 4.15. The van der Waals surface area contributed by atoms with Crippen LogP contribution in [0, 0.1) is 5.92 Å². The van der Waals surface area contributed by atoms with Gasteiger partial charge >= 0.3 is 5.97 Å². The number of aliphatic carboxylic acids is 1. The summed E-state index contributed by atoms with van der Waals surface area (Å²) in [4.78, 5) is 18.6. The lowest BCUT2D eigenvalue weighted by molar-refractivity contribution is -0.143. The molecule has 2 rings (SSSR count). The van der Waals surface area contributed by atoms with Crippen LogP contribution in [0.3, 0.4) is 0 Å². The molecule has 1 saturated heterocycles. The topological polar surface area (TPSA) is 62.1 Å². The standard InChI is InChI=1S/C19H26N2O3/c1-2-7-17(16-8-4-3-5-9-16)14-20-24-13-12-21-11-6-10-18(15-21)19(22)23/h3-5,7-9,14,18H,2,6,10-13,15H2,1H3,(H,22,23)/b17-7-,20-14+/t18-/m1/s1. The molecule has 0 radical (unpaired) electrons. The monoisotopic (exact) mass is 330 g/mol. The van der Waals surface area contributed by atoms with Crippen LogP contribution in [0.25, 0.3) is 5.57 Å². The van der Waals surface area contributed by atoms with E-state index in [0.29, 0.717) is 19.7 Å². The number of piperidine rings is 1. The molecule has 0 bridgehead atoms. The molecular formula is C19H26N2O3. The molecule has 0 saturated carbocycles. The lowest BCUT2D eigenvalue weighted by Gasteiger charge is -2.29. The number of benzene rings is 1. The fraction of sp³-hybridized carbons (Fsp3) is 0.474. The van der Waals surface area contributed by atoms with Gasteiger partial charge < -0.3 is 9.94 Å². The summed E-state index contributed by atoms with van der Waals surface area (Å²) in [6.45, 7) is 4.80. The Balaban J connectivity index is 1.77. The molecule has 0 aromatic heterocycles. The van der Waals surface area contributed by atoms with Gasteiger partial charge in [-0.05, 0) is 36.9 Å². The SMILES string of the molecule is CC/C=C(/C=N/OCCN1CCC[C@@H](C(=O)O)C1)c1ccccc1. The van der Waals surface area contributed by atoms with Crippen molar-refractivity contribution in [2.24, 2.45) is 11.1 Å². The molecule has 5 heteroatoms. The van der Waals surface area contributed by atoms with Crippen molar-refractivity contribution in [2.75, 3.05) is 26.2 Å². The van der Waals surface area contributed by atoms with Gasteiger partial charge in [-0.15, -0.1) is 0 Å². The van der Waals surface area contributed by atoms with E-state index in [1.807, 2.05) is 30.3 Å². The number of hydrogen-bond donors (Lipinski definition) is 1. The summed E-state index contributed by atoms with van der Waals surface area (Å²) in [6, 6.07) is 10.1. The van der Waals surface area contributed by atoms with E-state index in [1.165, 1.54) is 0 Å². The summed E-state index contributed by atoms with van der Waals surface area (Å²) >= 11 is 0. The smallest absolute Gasteiger partial charge is 0.307 e. The second kappa shape index (κ2) is 9.88. The molecule has 1 aromatic rings. The first-order chi connectivity index (χ1) is 11.7. The molecule has 5 nitrogen and oxygen atoms in total. The van der Waals surface area contributed by atoms with E-state index in [0.717, 1.165) is 36.9 Å². The Morgan fingerprint density at radius 2 is 2.21 bits per heavy atom. The molecule has 1 aliphatic rings. The van der Waals surface area contributed by atoms with E-state index >= 15 is 0 Å². The highest BCUT2D eigenvalue weighted by molar-refractivity contribution is 6.09. The first-order valence-electron chi connectivity index (χ1n) is 8.56. The largest absolute Gasteiger partial charge is 0.481 e. The molecule has 0 amide bonds. The molecule has 1 aromatic carbocycles. The third-order valence-electron chi connectivity index (χ3n) is 4.15. The number of carboxylic acid groups (broad SMARTS) is 1. The zero-order chi connectivity index (χ0) is 17.2. The summed E-state index contributed by atoms with van der Waals surface area (Å²) in [5.41, 5.74) is 2.16. The van der Waals surface area contributed by atoms with E-state index in [-0.39, 0.29) is 5.92 Å². The van der Waals surface area contributed by atoms with E-state index < -0.39 is 5.97 Å². The minimum atomic E-state index is -0.698. The second-order valence-corrected chi connectivity index (χ2v) is 5.98. The van der Waals surface area contributed by atoms with Crippen LogP contribution in [0.5, 0.6) is 0 Å². The molecule has 1 heterocycles. The van der Waals surface area contributed by atoms with Crippen LogP contribution in [0.4, 0.5) is 0 Å². The molecule has 0 aliphatic carbocycles. The van der Waals surface area contributed by atoms with Crippen molar-refractivity contribution < 1.29 is 14.7 Å². The van der Waals surface area contributed by atoms with Crippen molar-refractivity contribution in [2.45, 2.75) is 26.2 Å². The van der Waals surface area contributed by atoms with Gasteiger partial charge in [0.25, 0.3) is 0 Å². The lowest BCUT2D eigenvalue weighted by atomic mass is 9.98. The maximum atomic E-state index is 11.1.